The maximum absolute atomic E-state index is 12.5. The van der Waals surface area contributed by atoms with Crippen molar-refractivity contribution in [3.8, 4) is 0 Å². The minimum Gasteiger partial charge on any atom is -0.480 e. The molecule has 0 aromatic rings. The van der Waals surface area contributed by atoms with Crippen molar-refractivity contribution in [3.63, 3.8) is 0 Å². The Bertz CT molecular complexity index is 654. The first-order valence-corrected chi connectivity index (χ1v) is 10.1. The second-order valence-electron chi connectivity index (χ2n) is 8.24. The van der Waals surface area contributed by atoms with Crippen molar-refractivity contribution in [1.82, 2.24) is 16.0 Å². The maximum Gasteiger partial charge on any atom is 0.326 e. The van der Waals surface area contributed by atoms with Crippen molar-refractivity contribution >= 4 is 29.6 Å². The number of hydrogen-bond donors (Lipinski definition) is 7. The summed E-state index contributed by atoms with van der Waals surface area (Å²) in [5, 5.41) is 25.5. The molecule has 0 spiro atoms. The van der Waals surface area contributed by atoms with E-state index in [0.29, 0.717) is 6.42 Å². The van der Waals surface area contributed by atoms with Crippen LogP contribution in [-0.2, 0) is 24.0 Å². The largest absolute Gasteiger partial charge is 0.480 e. The molecule has 0 radical (unpaired) electrons. The molecule has 12 nitrogen and oxygen atoms in total. The first-order chi connectivity index (χ1) is 14.3. The molecule has 0 aromatic heterocycles. The third-order valence-electron chi connectivity index (χ3n) is 4.24. The van der Waals surface area contributed by atoms with E-state index >= 15 is 0 Å². The van der Waals surface area contributed by atoms with Crippen molar-refractivity contribution in [3.05, 3.63) is 0 Å². The van der Waals surface area contributed by atoms with Gasteiger partial charge in [-0.3, -0.25) is 19.2 Å². The number of nitrogens with one attached hydrogen (secondary N) is 3. The van der Waals surface area contributed by atoms with Gasteiger partial charge < -0.3 is 37.6 Å². The van der Waals surface area contributed by atoms with Gasteiger partial charge in [0.25, 0.3) is 0 Å². The summed E-state index contributed by atoms with van der Waals surface area (Å²) in [6.07, 6.45) is -0.128. The topological polar surface area (TPSA) is 214 Å². The zero-order valence-corrected chi connectivity index (χ0v) is 18.4. The lowest BCUT2D eigenvalue weighted by atomic mass is 10.0. The molecule has 0 aliphatic rings. The molecule has 178 valence electrons. The molecule has 0 rings (SSSR count). The van der Waals surface area contributed by atoms with Gasteiger partial charge in [-0.2, -0.15) is 0 Å². The number of nitrogens with two attached hydrogens (primary N) is 2. The van der Waals surface area contributed by atoms with E-state index in [1.165, 1.54) is 0 Å². The normalized spacial score (nSPS) is 15.0. The summed E-state index contributed by atoms with van der Waals surface area (Å²) >= 11 is 0. The molecule has 0 saturated heterocycles. The first kappa shape index (κ1) is 28.3. The average molecular weight is 446 g/mol. The molecule has 0 aromatic carbocycles. The molecule has 4 amide bonds. The molecular formula is C19H35N5O7. The molecule has 0 aliphatic heterocycles. The average Bonchev–Trinajstić information content (AvgIpc) is 2.62. The quantitative estimate of drug-likeness (QED) is 0.155. The number of primary amides is 1. The van der Waals surface area contributed by atoms with Crippen LogP contribution < -0.4 is 27.4 Å². The molecule has 9 N–H and O–H groups in total. The fourth-order valence-corrected chi connectivity index (χ4v) is 2.74. The van der Waals surface area contributed by atoms with E-state index in [0.717, 1.165) is 0 Å². The van der Waals surface area contributed by atoms with Gasteiger partial charge in [0, 0.05) is 0 Å². The molecule has 4 unspecified atom stereocenters. The Morgan fingerprint density at radius 2 is 1.23 bits per heavy atom. The van der Waals surface area contributed by atoms with Crippen LogP contribution in [0, 0.1) is 11.8 Å². The number of amides is 4. The van der Waals surface area contributed by atoms with Gasteiger partial charge in [-0.05, 0) is 24.7 Å². The fraction of sp³-hybridized carbons (Fsp3) is 0.737. The smallest absolute Gasteiger partial charge is 0.326 e. The number of hydrogen-bond acceptors (Lipinski definition) is 7. The zero-order chi connectivity index (χ0) is 24.3. The van der Waals surface area contributed by atoms with E-state index in [-0.39, 0.29) is 18.3 Å². The van der Waals surface area contributed by atoms with E-state index < -0.39 is 66.8 Å². The number of carboxylic acids is 1. The van der Waals surface area contributed by atoms with Gasteiger partial charge >= 0.3 is 5.97 Å². The highest BCUT2D eigenvalue weighted by Gasteiger charge is 2.31. The Morgan fingerprint density at radius 3 is 1.65 bits per heavy atom. The summed E-state index contributed by atoms with van der Waals surface area (Å²) in [6.45, 7) is 6.47. The summed E-state index contributed by atoms with van der Waals surface area (Å²) in [6, 6.07) is -5.06. The summed E-state index contributed by atoms with van der Waals surface area (Å²) in [4.78, 5) is 59.8. The lowest BCUT2D eigenvalue weighted by Crippen LogP contribution is -2.58. The van der Waals surface area contributed by atoms with E-state index in [9.17, 15) is 34.2 Å². The number of carbonyl (C=O) groups is 5. The van der Waals surface area contributed by atoms with Gasteiger partial charge in [-0.1, -0.05) is 27.7 Å². The predicted molar refractivity (Wildman–Crippen MR) is 111 cm³/mol. The fourth-order valence-electron chi connectivity index (χ4n) is 2.74. The van der Waals surface area contributed by atoms with E-state index in [4.69, 9.17) is 11.5 Å². The highest BCUT2D eigenvalue weighted by Crippen LogP contribution is 2.06. The van der Waals surface area contributed by atoms with Crippen LogP contribution in [0.2, 0.25) is 0 Å². The molecule has 0 heterocycles. The number of carbonyl (C=O) groups excluding carboxylic acids is 4. The minimum absolute atomic E-state index is 0.0467. The van der Waals surface area contributed by atoms with Crippen molar-refractivity contribution in [2.24, 2.45) is 23.3 Å². The van der Waals surface area contributed by atoms with Crippen molar-refractivity contribution in [2.45, 2.75) is 71.1 Å². The Balaban J connectivity index is 5.28. The molecule has 0 aliphatic carbocycles. The van der Waals surface area contributed by atoms with Crippen LogP contribution in [0.25, 0.3) is 0 Å². The van der Waals surface area contributed by atoms with Crippen LogP contribution in [0.5, 0.6) is 0 Å². The van der Waals surface area contributed by atoms with Gasteiger partial charge in [0.15, 0.2) is 0 Å². The third-order valence-corrected chi connectivity index (χ3v) is 4.24. The highest BCUT2D eigenvalue weighted by atomic mass is 16.4. The number of aliphatic hydroxyl groups excluding tert-OH is 1. The number of rotatable bonds is 14. The van der Waals surface area contributed by atoms with Gasteiger partial charge in [-0.15, -0.1) is 0 Å². The van der Waals surface area contributed by atoms with Crippen molar-refractivity contribution in [1.29, 1.82) is 0 Å². The molecule has 0 bridgehead atoms. The second-order valence-corrected chi connectivity index (χ2v) is 8.24. The highest BCUT2D eigenvalue weighted by molar-refractivity contribution is 5.96. The predicted octanol–water partition coefficient (Wildman–Crippen LogP) is -2.19. The maximum atomic E-state index is 12.5. The van der Waals surface area contributed by atoms with Crippen LogP contribution >= 0.6 is 0 Å². The Kier molecular flexibility index (Phi) is 12.4. The van der Waals surface area contributed by atoms with Crippen molar-refractivity contribution < 1.29 is 34.2 Å². The van der Waals surface area contributed by atoms with Gasteiger partial charge in [0.1, 0.15) is 18.1 Å². The Hall–Kier alpha value is -2.73. The third kappa shape index (κ3) is 11.3. The monoisotopic (exact) mass is 445 g/mol. The standard InChI is InChI=1S/C19H35N5O7/c1-9(2)5-11(20)16(27)24-14(8-25)18(29)22-12(7-15(21)26)17(28)23-13(19(30)31)6-10(3)4/h9-14,25H,5-8,20H2,1-4H3,(H2,21,26)(H,22,29)(H,23,28)(H,24,27)(H,30,31). The number of aliphatic carboxylic acids is 1. The van der Waals surface area contributed by atoms with Gasteiger partial charge in [0.2, 0.25) is 23.6 Å². The molecule has 4 atom stereocenters. The minimum atomic E-state index is -1.49. The van der Waals surface area contributed by atoms with E-state index in [2.05, 4.69) is 16.0 Å². The van der Waals surface area contributed by atoms with Crippen LogP contribution in [-0.4, -0.2) is 70.6 Å². The molecule has 31 heavy (non-hydrogen) atoms. The first-order valence-electron chi connectivity index (χ1n) is 10.1. The van der Waals surface area contributed by atoms with Crippen LogP contribution in [0.15, 0.2) is 0 Å². The van der Waals surface area contributed by atoms with E-state index in [1.807, 2.05) is 13.8 Å². The second kappa shape index (κ2) is 13.5. The summed E-state index contributed by atoms with van der Waals surface area (Å²) in [5.41, 5.74) is 10.9. The Morgan fingerprint density at radius 1 is 0.774 bits per heavy atom. The van der Waals surface area contributed by atoms with E-state index in [1.54, 1.807) is 13.8 Å². The molecule has 12 heteroatoms. The van der Waals surface area contributed by atoms with Crippen LogP contribution in [0.3, 0.4) is 0 Å². The molecular weight excluding hydrogens is 410 g/mol. The summed E-state index contributed by atoms with van der Waals surface area (Å²) in [5.74, 6) is -4.66. The number of carboxylic acid groups (broad SMARTS) is 1. The summed E-state index contributed by atoms with van der Waals surface area (Å²) in [7, 11) is 0. The van der Waals surface area contributed by atoms with Crippen LogP contribution in [0.4, 0.5) is 0 Å². The number of aliphatic hydroxyl groups is 1. The lowest BCUT2D eigenvalue weighted by molar-refractivity contribution is -0.143. The summed E-state index contributed by atoms with van der Waals surface area (Å²) < 4.78 is 0. The van der Waals surface area contributed by atoms with Gasteiger partial charge in [0.05, 0.1) is 19.1 Å². The molecule has 0 saturated carbocycles. The zero-order valence-electron chi connectivity index (χ0n) is 18.4. The Labute approximate surface area is 181 Å². The van der Waals surface area contributed by atoms with Crippen LogP contribution in [0.1, 0.15) is 47.0 Å². The van der Waals surface area contributed by atoms with Crippen molar-refractivity contribution in [2.75, 3.05) is 6.61 Å². The SMILES string of the molecule is CC(C)CC(N)C(=O)NC(CO)C(=O)NC(CC(N)=O)C(=O)NC(CC(C)C)C(=O)O. The van der Waals surface area contributed by atoms with Gasteiger partial charge in [-0.25, -0.2) is 4.79 Å². The molecule has 0 fully saturated rings. The lowest BCUT2D eigenvalue weighted by Gasteiger charge is -2.24.